The van der Waals surface area contributed by atoms with Crippen molar-refractivity contribution >= 4 is 11.0 Å². The van der Waals surface area contributed by atoms with Crippen molar-refractivity contribution in [1.29, 1.82) is 0 Å². The number of hydrogen-bond acceptors (Lipinski definition) is 2. The second-order valence-electron chi connectivity index (χ2n) is 4.56. The minimum absolute atomic E-state index is 0.426. The van der Waals surface area contributed by atoms with E-state index >= 15 is 0 Å². The van der Waals surface area contributed by atoms with Crippen molar-refractivity contribution < 1.29 is 4.42 Å². The maximum atomic E-state index is 5.88. The van der Waals surface area contributed by atoms with Crippen LogP contribution in [0.4, 0.5) is 0 Å². The van der Waals surface area contributed by atoms with Crippen LogP contribution >= 0.6 is 0 Å². The van der Waals surface area contributed by atoms with E-state index in [0.29, 0.717) is 11.8 Å². The van der Waals surface area contributed by atoms with Crippen molar-refractivity contribution in [3.63, 3.8) is 0 Å². The molecule has 80 valence electrons. The van der Waals surface area contributed by atoms with Gasteiger partial charge < -0.3 is 4.42 Å². The van der Waals surface area contributed by atoms with Gasteiger partial charge in [-0.05, 0) is 12.0 Å². The highest BCUT2D eigenvalue weighted by Crippen LogP contribution is 2.35. The van der Waals surface area contributed by atoms with E-state index in [2.05, 4.69) is 32.7 Å². The Balaban J connectivity index is 2.75. The Hall–Kier alpha value is -1.31. The Kier molecular flexibility index (Phi) is 2.51. The third-order valence-corrected chi connectivity index (χ3v) is 2.66. The van der Waals surface area contributed by atoms with Crippen LogP contribution in [-0.4, -0.2) is 4.98 Å². The van der Waals surface area contributed by atoms with Gasteiger partial charge in [0.15, 0.2) is 0 Å². The third kappa shape index (κ3) is 1.65. The lowest BCUT2D eigenvalue weighted by molar-refractivity contribution is 0.511. The highest BCUT2D eigenvalue weighted by Gasteiger charge is 2.18. The third-order valence-electron chi connectivity index (χ3n) is 2.66. The topological polar surface area (TPSA) is 26.0 Å². The molecule has 2 heteroatoms. The number of aromatic nitrogens is 1. The van der Waals surface area contributed by atoms with Crippen LogP contribution in [0.3, 0.4) is 0 Å². The molecule has 0 aromatic carbocycles. The normalized spacial score (nSPS) is 11.9. The van der Waals surface area contributed by atoms with Gasteiger partial charge in [-0.1, -0.05) is 27.7 Å². The largest absolute Gasteiger partial charge is 0.460 e. The fourth-order valence-electron chi connectivity index (χ4n) is 2.00. The first-order valence-corrected chi connectivity index (χ1v) is 5.47. The zero-order valence-corrected chi connectivity index (χ0v) is 9.74. The molecule has 0 fully saturated rings. The van der Waals surface area contributed by atoms with Crippen molar-refractivity contribution in [3.8, 4) is 0 Å². The Morgan fingerprint density at radius 1 is 1.13 bits per heavy atom. The molecule has 0 aliphatic rings. The Bertz CT molecular complexity index is 468. The van der Waals surface area contributed by atoms with Gasteiger partial charge in [-0.3, -0.25) is 4.98 Å². The van der Waals surface area contributed by atoms with Crippen molar-refractivity contribution in [1.82, 2.24) is 4.98 Å². The lowest BCUT2D eigenvalue weighted by atomic mass is 9.96. The van der Waals surface area contributed by atoms with Crippen molar-refractivity contribution in [3.05, 3.63) is 29.8 Å². The Morgan fingerprint density at radius 2 is 1.87 bits per heavy atom. The summed E-state index contributed by atoms with van der Waals surface area (Å²) in [6.45, 7) is 8.72. The zero-order chi connectivity index (χ0) is 11.0. The lowest BCUT2D eigenvalue weighted by Crippen LogP contribution is -1.94. The van der Waals surface area contributed by atoms with Gasteiger partial charge >= 0.3 is 0 Å². The van der Waals surface area contributed by atoms with Gasteiger partial charge in [0, 0.05) is 29.3 Å². The SMILES string of the molecule is CC(C)c1oc2ccncc2c1C(C)C. The molecule has 0 N–H and O–H groups in total. The molecule has 15 heavy (non-hydrogen) atoms. The van der Waals surface area contributed by atoms with Gasteiger partial charge in [0.05, 0.1) is 0 Å². The van der Waals surface area contributed by atoms with Crippen LogP contribution in [0.2, 0.25) is 0 Å². The van der Waals surface area contributed by atoms with E-state index in [-0.39, 0.29) is 0 Å². The molecule has 0 unspecified atom stereocenters. The van der Waals surface area contributed by atoms with E-state index in [0.717, 1.165) is 16.7 Å². The number of fused-ring (bicyclic) bond motifs is 1. The van der Waals surface area contributed by atoms with Crippen LogP contribution in [0.5, 0.6) is 0 Å². The molecule has 2 aromatic rings. The molecule has 0 aliphatic heterocycles. The van der Waals surface area contributed by atoms with E-state index in [4.69, 9.17) is 4.42 Å². The standard InChI is InChI=1S/C13H17NO/c1-8(2)12-10-7-14-6-5-11(10)15-13(12)9(3)4/h5-9H,1-4H3. The molecule has 2 heterocycles. The molecule has 0 saturated carbocycles. The molecule has 2 aromatic heterocycles. The van der Waals surface area contributed by atoms with E-state index < -0.39 is 0 Å². The number of furan rings is 1. The highest BCUT2D eigenvalue weighted by molar-refractivity contribution is 5.81. The first kappa shape index (κ1) is 10.2. The van der Waals surface area contributed by atoms with Gasteiger partial charge in [-0.25, -0.2) is 0 Å². The van der Waals surface area contributed by atoms with Crippen LogP contribution < -0.4 is 0 Å². The van der Waals surface area contributed by atoms with Crippen LogP contribution in [0.15, 0.2) is 22.9 Å². The first-order chi connectivity index (χ1) is 7.11. The number of hydrogen-bond donors (Lipinski definition) is 0. The summed E-state index contributed by atoms with van der Waals surface area (Å²) in [7, 11) is 0. The van der Waals surface area contributed by atoms with Gasteiger partial charge in [0.1, 0.15) is 11.3 Å². The molecular formula is C13H17NO. The van der Waals surface area contributed by atoms with Crippen molar-refractivity contribution in [2.75, 3.05) is 0 Å². The van der Waals surface area contributed by atoms with E-state index in [1.54, 1.807) is 6.20 Å². The number of rotatable bonds is 2. The summed E-state index contributed by atoms with van der Waals surface area (Å²) in [5.74, 6) is 2.01. The monoisotopic (exact) mass is 203 g/mol. The molecule has 0 radical (unpaired) electrons. The van der Waals surface area contributed by atoms with Crippen LogP contribution in [0.25, 0.3) is 11.0 Å². The van der Waals surface area contributed by atoms with Crippen LogP contribution in [0.1, 0.15) is 50.9 Å². The van der Waals surface area contributed by atoms with Gasteiger partial charge in [0.25, 0.3) is 0 Å². The Morgan fingerprint density at radius 3 is 2.47 bits per heavy atom. The molecule has 0 atom stereocenters. The fourth-order valence-corrected chi connectivity index (χ4v) is 2.00. The zero-order valence-electron chi connectivity index (χ0n) is 9.74. The predicted molar refractivity (Wildman–Crippen MR) is 62.2 cm³/mol. The Labute approximate surface area is 90.3 Å². The summed E-state index contributed by atoms with van der Waals surface area (Å²) in [6, 6.07) is 1.94. The van der Waals surface area contributed by atoms with E-state index in [1.807, 2.05) is 12.3 Å². The lowest BCUT2D eigenvalue weighted by Gasteiger charge is -2.08. The summed E-state index contributed by atoms with van der Waals surface area (Å²) in [6.07, 6.45) is 3.68. The minimum atomic E-state index is 0.426. The average Bonchev–Trinajstić information content (AvgIpc) is 2.56. The predicted octanol–water partition coefficient (Wildman–Crippen LogP) is 4.07. The summed E-state index contributed by atoms with van der Waals surface area (Å²) < 4.78 is 5.88. The highest BCUT2D eigenvalue weighted by atomic mass is 16.3. The quantitative estimate of drug-likeness (QED) is 0.735. The molecule has 0 amide bonds. The average molecular weight is 203 g/mol. The fraction of sp³-hybridized carbons (Fsp3) is 0.462. The molecule has 2 nitrogen and oxygen atoms in total. The summed E-state index contributed by atoms with van der Waals surface area (Å²) in [5, 5.41) is 1.16. The van der Waals surface area contributed by atoms with Crippen LogP contribution in [-0.2, 0) is 0 Å². The van der Waals surface area contributed by atoms with Gasteiger partial charge in [-0.15, -0.1) is 0 Å². The second kappa shape index (κ2) is 3.69. The molecule has 0 spiro atoms. The summed E-state index contributed by atoms with van der Waals surface area (Å²) in [5.41, 5.74) is 2.27. The molecule has 2 rings (SSSR count). The van der Waals surface area contributed by atoms with Crippen molar-refractivity contribution in [2.24, 2.45) is 0 Å². The summed E-state index contributed by atoms with van der Waals surface area (Å²) >= 11 is 0. The van der Waals surface area contributed by atoms with Crippen LogP contribution in [0, 0.1) is 0 Å². The molecule has 0 saturated heterocycles. The maximum Gasteiger partial charge on any atom is 0.137 e. The van der Waals surface area contributed by atoms with E-state index in [1.165, 1.54) is 5.56 Å². The van der Waals surface area contributed by atoms with E-state index in [9.17, 15) is 0 Å². The number of pyridine rings is 1. The molecular weight excluding hydrogens is 186 g/mol. The minimum Gasteiger partial charge on any atom is -0.460 e. The number of nitrogens with zero attached hydrogens (tertiary/aromatic N) is 1. The smallest absolute Gasteiger partial charge is 0.137 e. The second-order valence-corrected chi connectivity index (χ2v) is 4.56. The first-order valence-electron chi connectivity index (χ1n) is 5.47. The maximum absolute atomic E-state index is 5.88. The van der Waals surface area contributed by atoms with Crippen molar-refractivity contribution in [2.45, 2.75) is 39.5 Å². The molecule has 0 bridgehead atoms. The summed E-state index contributed by atoms with van der Waals surface area (Å²) in [4.78, 5) is 4.17. The van der Waals surface area contributed by atoms with Gasteiger partial charge in [0.2, 0.25) is 0 Å². The molecule has 0 aliphatic carbocycles. The van der Waals surface area contributed by atoms with Gasteiger partial charge in [-0.2, -0.15) is 0 Å².